The quantitative estimate of drug-likeness (QED) is 0.452. The summed E-state index contributed by atoms with van der Waals surface area (Å²) in [6.07, 6.45) is 0.861. The van der Waals surface area contributed by atoms with E-state index in [9.17, 15) is 14.4 Å². The molecule has 1 aliphatic carbocycles. The van der Waals surface area contributed by atoms with E-state index >= 15 is 0 Å². The van der Waals surface area contributed by atoms with E-state index in [4.69, 9.17) is 33.7 Å². The van der Waals surface area contributed by atoms with Crippen LogP contribution in [0.3, 0.4) is 0 Å². The normalized spacial score (nSPS) is 19.7. The lowest BCUT2D eigenvalue weighted by Crippen LogP contribution is -2.57. The molecule has 2 amide bonds. The van der Waals surface area contributed by atoms with Gasteiger partial charge < -0.3 is 33.9 Å². The summed E-state index contributed by atoms with van der Waals surface area (Å²) >= 11 is 0. The number of esters is 1. The van der Waals surface area contributed by atoms with Crippen LogP contribution in [0.2, 0.25) is 0 Å². The molecule has 1 aromatic heterocycles. The molecule has 0 bridgehead atoms. The molecule has 2 aromatic rings. The monoisotopic (exact) mass is 586 g/mol. The highest BCUT2D eigenvalue weighted by molar-refractivity contribution is 5.91. The molecule has 4 rings (SSSR count). The highest BCUT2D eigenvalue weighted by atomic mass is 16.6. The van der Waals surface area contributed by atoms with Crippen molar-refractivity contribution in [3.05, 3.63) is 18.0 Å². The largest absolute Gasteiger partial charge is 0.493 e. The summed E-state index contributed by atoms with van der Waals surface area (Å²) < 4.78 is 27.9. The van der Waals surface area contributed by atoms with Gasteiger partial charge in [-0.25, -0.2) is 14.6 Å². The second-order valence-corrected chi connectivity index (χ2v) is 12.8. The van der Waals surface area contributed by atoms with Crippen LogP contribution in [-0.2, 0) is 19.1 Å². The summed E-state index contributed by atoms with van der Waals surface area (Å²) in [6.45, 7) is 10.8. The Morgan fingerprint density at radius 1 is 0.976 bits per heavy atom. The van der Waals surface area contributed by atoms with Crippen molar-refractivity contribution < 1.29 is 38.1 Å². The van der Waals surface area contributed by atoms with Gasteiger partial charge in [0.2, 0.25) is 11.8 Å². The maximum absolute atomic E-state index is 14.0. The van der Waals surface area contributed by atoms with Gasteiger partial charge in [-0.3, -0.25) is 4.79 Å². The highest BCUT2D eigenvalue weighted by Gasteiger charge is 2.47. The van der Waals surface area contributed by atoms with Crippen molar-refractivity contribution in [2.75, 3.05) is 27.9 Å². The molecule has 42 heavy (non-hydrogen) atoms. The first-order valence-corrected chi connectivity index (χ1v) is 14.1. The Hall–Kier alpha value is -3.83. The molecule has 3 unspecified atom stereocenters. The van der Waals surface area contributed by atoms with E-state index in [1.807, 2.05) is 20.8 Å². The van der Waals surface area contributed by atoms with Crippen LogP contribution in [0.15, 0.2) is 12.1 Å². The number of hydrogen-bond donors (Lipinski definition) is 1. The SMILES string of the molecule is COC(=O)C1CC(Oc2nc(C3CC3)nc3cc(OC)c(OC)cc23)CN1C(=O)C(NC(=O)OC(C)(C)C)C(C)(C)C. The van der Waals surface area contributed by atoms with E-state index in [0.29, 0.717) is 34.1 Å². The van der Waals surface area contributed by atoms with Gasteiger partial charge in [-0.2, -0.15) is 4.98 Å². The Bertz CT molecular complexity index is 1350. The Kier molecular flexibility index (Phi) is 8.75. The average Bonchev–Trinajstić information content (AvgIpc) is 3.68. The van der Waals surface area contributed by atoms with Crippen LogP contribution in [0.25, 0.3) is 10.9 Å². The molecule has 0 spiro atoms. The number of amides is 2. The van der Waals surface area contributed by atoms with Crippen molar-refractivity contribution >= 4 is 28.9 Å². The lowest BCUT2D eigenvalue weighted by atomic mass is 9.85. The van der Waals surface area contributed by atoms with Gasteiger partial charge in [-0.05, 0) is 45.1 Å². The molecule has 1 saturated heterocycles. The minimum absolute atomic E-state index is 0.0821. The van der Waals surface area contributed by atoms with Gasteiger partial charge in [-0.15, -0.1) is 0 Å². The van der Waals surface area contributed by atoms with Gasteiger partial charge in [0.15, 0.2) is 11.5 Å². The van der Waals surface area contributed by atoms with Crippen LogP contribution in [0.4, 0.5) is 4.79 Å². The Balaban J connectivity index is 1.65. The van der Waals surface area contributed by atoms with Crippen molar-refractivity contribution in [1.29, 1.82) is 0 Å². The molecular formula is C30H42N4O8. The molecule has 2 aliphatic rings. The smallest absolute Gasteiger partial charge is 0.408 e. The van der Waals surface area contributed by atoms with E-state index in [0.717, 1.165) is 12.8 Å². The number of ether oxygens (including phenoxy) is 5. The van der Waals surface area contributed by atoms with Crippen molar-refractivity contribution in [2.45, 2.75) is 90.5 Å². The zero-order valence-electron chi connectivity index (χ0n) is 25.9. The minimum atomic E-state index is -0.976. The van der Waals surface area contributed by atoms with Gasteiger partial charge in [0.25, 0.3) is 0 Å². The van der Waals surface area contributed by atoms with E-state index in [2.05, 4.69) is 5.32 Å². The molecule has 12 heteroatoms. The summed E-state index contributed by atoms with van der Waals surface area (Å²) in [5, 5.41) is 3.34. The Labute approximate surface area is 246 Å². The number of aromatic nitrogens is 2. The van der Waals surface area contributed by atoms with Gasteiger partial charge >= 0.3 is 12.1 Å². The number of nitrogens with zero attached hydrogens (tertiary/aromatic N) is 3. The first kappa shape index (κ1) is 31.1. The Morgan fingerprint density at radius 3 is 2.17 bits per heavy atom. The molecule has 3 atom stereocenters. The number of rotatable bonds is 8. The third-order valence-corrected chi connectivity index (χ3v) is 7.20. The highest BCUT2D eigenvalue weighted by Crippen LogP contribution is 2.42. The lowest BCUT2D eigenvalue weighted by molar-refractivity contribution is -0.152. The van der Waals surface area contributed by atoms with E-state index in [-0.39, 0.29) is 18.9 Å². The lowest BCUT2D eigenvalue weighted by Gasteiger charge is -2.35. The number of likely N-dealkylation sites (tertiary alicyclic amines) is 1. The average molecular weight is 587 g/mol. The van der Waals surface area contributed by atoms with Crippen LogP contribution in [0.1, 0.15) is 72.5 Å². The first-order valence-electron chi connectivity index (χ1n) is 14.1. The molecule has 1 N–H and O–H groups in total. The fourth-order valence-corrected chi connectivity index (χ4v) is 4.94. The third kappa shape index (κ3) is 6.96. The number of hydrogen-bond acceptors (Lipinski definition) is 10. The predicted molar refractivity (Wildman–Crippen MR) is 154 cm³/mol. The van der Waals surface area contributed by atoms with Gasteiger partial charge in [-0.1, -0.05) is 20.8 Å². The molecule has 0 radical (unpaired) electrons. The van der Waals surface area contributed by atoms with Crippen molar-refractivity contribution in [2.24, 2.45) is 5.41 Å². The van der Waals surface area contributed by atoms with Crippen LogP contribution in [0, 0.1) is 5.41 Å². The molecule has 2 fully saturated rings. The minimum Gasteiger partial charge on any atom is -0.493 e. The summed E-state index contributed by atoms with van der Waals surface area (Å²) in [7, 11) is 4.38. The second-order valence-electron chi connectivity index (χ2n) is 12.8. The molecule has 1 aromatic carbocycles. The number of carbonyl (C=O) groups excluding carboxylic acids is 3. The van der Waals surface area contributed by atoms with Gasteiger partial charge in [0.05, 0.1) is 38.8 Å². The topological polar surface area (TPSA) is 138 Å². The van der Waals surface area contributed by atoms with Crippen molar-refractivity contribution in [1.82, 2.24) is 20.2 Å². The molecule has 12 nitrogen and oxygen atoms in total. The van der Waals surface area contributed by atoms with E-state index in [1.165, 1.54) is 12.0 Å². The molecule has 2 heterocycles. The van der Waals surface area contributed by atoms with Crippen molar-refractivity contribution in [3.63, 3.8) is 0 Å². The summed E-state index contributed by atoms with van der Waals surface area (Å²) in [4.78, 5) is 50.4. The van der Waals surface area contributed by atoms with E-state index < -0.39 is 47.2 Å². The number of benzene rings is 1. The maximum atomic E-state index is 14.0. The van der Waals surface area contributed by atoms with E-state index in [1.54, 1.807) is 47.1 Å². The van der Waals surface area contributed by atoms with Crippen LogP contribution in [0.5, 0.6) is 17.4 Å². The van der Waals surface area contributed by atoms with Gasteiger partial charge in [0.1, 0.15) is 29.6 Å². The van der Waals surface area contributed by atoms with Crippen molar-refractivity contribution in [3.8, 4) is 17.4 Å². The predicted octanol–water partition coefficient (Wildman–Crippen LogP) is 3.99. The summed E-state index contributed by atoms with van der Waals surface area (Å²) in [5.74, 6) is 1.28. The number of nitrogens with one attached hydrogen (secondary N) is 1. The zero-order chi connectivity index (χ0) is 31.0. The number of fused-ring (bicyclic) bond motifs is 1. The first-order chi connectivity index (χ1) is 19.6. The summed E-state index contributed by atoms with van der Waals surface area (Å²) in [5.41, 5.74) is -0.793. The standard InChI is InChI=1S/C30H42N4O8/c1-29(2,3)23(32-28(37)42-30(4,5)6)26(35)34-15-17(12-20(34)27(36)40-9)41-25-18-13-21(38-7)22(39-8)14-19(18)31-24(33-25)16-10-11-16/h13-14,16-17,20,23H,10-12,15H2,1-9H3,(H,32,37). The van der Waals surface area contributed by atoms with Crippen LogP contribution >= 0.6 is 0 Å². The van der Waals surface area contributed by atoms with Crippen LogP contribution < -0.4 is 19.5 Å². The Morgan fingerprint density at radius 2 is 1.62 bits per heavy atom. The number of methoxy groups -OCH3 is 3. The fraction of sp³-hybridized carbons (Fsp3) is 0.633. The molecule has 230 valence electrons. The van der Waals surface area contributed by atoms with Gasteiger partial charge in [0, 0.05) is 18.4 Å². The maximum Gasteiger partial charge on any atom is 0.408 e. The second kappa shape index (κ2) is 11.8. The number of alkyl carbamates (subject to hydrolysis) is 1. The fourth-order valence-electron chi connectivity index (χ4n) is 4.94. The molecular weight excluding hydrogens is 544 g/mol. The summed E-state index contributed by atoms with van der Waals surface area (Å²) in [6, 6.07) is 1.66. The molecule has 1 aliphatic heterocycles. The van der Waals surface area contributed by atoms with Crippen LogP contribution in [-0.4, -0.2) is 84.5 Å². The molecule has 1 saturated carbocycles. The number of carbonyl (C=O) groups is 3. The zero-order valence-corrected chi connectivity index (χ0v) is 25.9. The third-order valence-electron chi connectivity index (χ3n) is 7.20.